The second-order valence-corrected chi connectivity index (χ2v) is 41.9. The van der Waals surface area contributed by atoms with E-state index in [4.69, 9.17) is 0 Å². The average Bonchev–Trinajstić information content (AvgIpc) is 1.68. The molecular weight excluding hydrogens is 1560 g/mol. The topological polar surface area (TPSA) is 16.3 Å². The van der Waals surface area contributed by atoms with E-state index in [2.05, 4.69) is 499 Å². The van der Waals surface area contributed by atoms with Crippen molar-refractivity contribution in [3.8, 4) is 55.9 Å². The molecule has 4 heterocycles. The van der Waals surface area contributed by atoms with E-state index in [0.29, 0.717) is 0 Å². The van der Waals surface area contributed by atoms with Gasteiger partial charge in [-0.1, -0.05) is 395 Å². The summed E-state index contributed by atoms with van der Waals surface area (Å²) in [5.41, 5.74) is 41.6. The smallest absolute Gasteiger partial charge is 0.252 e. The second-order valence-electron chi connectivity index (χ2n) is 41.9. The molecule has 2 aromatic heterocycles. The summed E-state index contributed by atoms with van der Waals surface area (Å²) in [7, 11) is 0. The number of hydrogen-bond donors (Lipinski definition) is 0. The van der Waals surface area contributed by atoms with E-state index in [-0.39, 0.29) is 33.8 Å². The van der Waals surface area contributed by atoms with Gasteiger partial charge in [0.25, 0.3) is 6.71 Å². The summed E-state index contributed by atoms with van der Waals surface area (Å²) in [6, 6.07) is 146. The van der Waals surface area contributed by atoms with Crippen molar-refractivity contribution < 1.29 is 0 Å². The lowest BCUT2D eigenvalue weighted by atomic mass is 9.33. The van der Waals surface area contributed by atoms with Gasteiger partial charge in [-0.25, -0.2) is 0 Å². The Balaban J connectivity index is 0.842. The highest BCUT2D eigenvalue weighted by molar-refractivity contribution is 7.00. The van der Waals surface area contributed by atoms with Crippen molar-refractivity contribution in [3.63, 3.8) is 0 Å². The number of rotatable bonds is 10. The first-order chi connectivity index (χ1) is 62.2. The van der Waals surface area contributed by atoms with Crippen LogP contribution in [-0.4, -0.2) is 15.8 Å². The number of aromatic nitrogens is 2. The molecule has 0 N–H and O–H groups in total. The van der Waals surface area contributed by atoms with Crippen LogP contribution in [0.5, 0.6) is 0 Å². The summed E-state index contributed by atoms with van der Waals surface area (Å²) in [5.74, 6) is 0. The summed E-state index contributed by atoms with van der Waals surface area (Å²) in [6.07, 6.45) is 0. The zero-order valence-corrected chi connectivity index (χ0v) is 76.7. The largest absolute Gasteiger partial charge is 0.311 e. The van der Waals surface area contributed by atoms with Crippen LogP contribution in [0, 0.1) is 0 Å². The van der Waals surface area contributed by atoms with Gasteiger partial charge < -0.3 is 18.9 Å². The Bertz CT molecular complexity index is 7250. The van der Waals surface area contributed by atoms with E-state index < -0.39 is 10.8 Å². The van der Waals surface area contributed by atoms with Gasteiger partial charge >= 0.3 is 0 Å². The normalized spacial score (nSPS) is 14.2. The third kappa shape index (κ3) is 11.9. The molecule has 0 saturated heterocycles. The molecule has 0 fully saturated rings. The standard InChI is InChI=1S/C124H107BN4/c1-118(2,3)80-56-52-78(53-57-80)97-72-86(120(7,8)9)60-68-105(97)128-109-76-89(126-103-50-34-30-46-95(103)113-107(126)70-64-93-91-44-28-32-48-99(91)123(115(93)113,82-36-20-16-21-37-82)83-38-22-17-23-39-83)62-66-101(109)125-102-67-63-90(77-110(102)129(112-75-88(122(13,14)15)74-111(128)117(112)125)106-69-61-87(121(10,11)12)73-98(106)79-54-58-81(59-55-79)119(4,5)6)127-104-51-35-31-47-96(104)114-108(127)71-65-94-92-45-29-33-49-100(92)124(116(94)114,84-40-24-18-25-41-84)85-42-26-19-27-43-85/h16-77H,1-15H3. The Kier molecular flexibility index (Phi) is 17.8. The first kappa shape index (κ1) is 79.6. The molecule has 0 unspecified atom stereocenters. The van der Waals surface area contributed by atoms with Crippen molar-refractivity contribution in [1.29, 1.82) is 0 Å². The first-order valence-corrected chi connectivity index (χ1v) is 46.3. The predicted octanol–water partition coefficient (Wildman–Crippen LogP) is 30.5. The van der Waals surface area contributed by atoms with Gasteiger partial charge in [0.2, 0.25) is 0 Å². The number of para-hydroxylation sites is 2. The zero-order chi connectivity index (χ0) is 88.3. The van der Waals surface area contributed by atoms with Gasteiger partial charge in [0.1, 0.15) is 0 Å². The van der Waals surface area contributed by atoms with E-state index >= 15 is 0 Å². The molecule has 0 radical (unpaired) electrons. The predicted molar refractivity (Wildman–Crippen MR) is 548 cm³/mol. The second kappa shape index (κ2) is 28.8. The fourth-order valence-electron chi connectivity index (χ4n) is 22.9. The van der Waals surface area contributed by atoms with Crippen LogP contribution in [0.25, 0.3) is 99.5 Å². The Hall–Kier alpha value is -14.0. The Morgan fingerprint density at radius 3 is 0.907 bits per heavy atom. The number of anilines is 6. The van der Waals surface area contributed by atoms with E-state index in [1.165, 1.54) is 155 Å². The molecule has 2 aliphatic heterocycles. The lowest BCUT2D eigenvalue weighted by molar-refractivity contribution is 0.589. The van der Waals surface area contributed by atoms with E-state index in [1.807, 2.05) is 0 Å². The third-order valence-corrected chi connectivity index (χ3v) is 29.2. The summed E-state index contributed by atoms with van der Waals surface area (Å²) < 4.78 is 5.22. The average molecular weight is 1660 g/mol. The molecule has 19 aromatic rings. The highest BCUT2D eigenvalue weighted by Crippen LogP contribution is 2.63. The SMILES string of the molecule is CC(C)(C)c1ccc(-c2cc(C(C)(C)C)ccc2N2c3cc(-n4c5ccccc5c5c6c(ccc54)-c4ccccc4C6(c4ccccc4)c4ccccc4)ccc3B3c4ccc(-n5c6ccccc6c6c7c(ccc65)-c5ccccc5C7(c5ccccc5)c5ccccc5)cc4N(c4ccc(C(C)(C)C)cc4-c4ccc(C(C)(C)C)cc4)c4cc(C(C)(C)C)cc2c43)cc1. The Morgan fingerprint density at radius 1 is 0.225 bits per heavy atom. The minimum Gasteiger partial charge on any atom is -0.311 e. The van der Waals surface area contributed by atoms with Crippen molar-refractivity contribution in [3.05, 3.63) is 448 Å². The number of fused-ring (bicyclic) bond motifs is 18. The molecule has 0 spiro atoms. The van der Waals surface area contributed by atoms with Gasteiger partial charge in [0.15, 0.2) is 0 Å². The molecule has 4 nitrogen and oxygen atoms in total. The lowest BCUT2D eigenvalue weighted by Crippen LogP contribution is -2.61. The summed E-state index contributed by atoms with van der Waals surface area (Å²) in [6.45, 7) is 35.1. The molecule has 23 rings (SSSR count). The van der Waals surface area contributed by atoms with Crippen molar-refractivity contribution >= 4 is 101 Å². The molecule has 0 saturated carbocycles. The van der Waals surface area contributed by atoms with Crippen LogP contribution in [0.2, 0.25) is 0 Å². The minimum atomic E-state index is -0.651. The molecule has 4 aliphatic rings. The third-order valence-electron chi connectivity index (χ3n) is 29.2. The molecule has 5 heteroatoms. The van der Waals surface area contributed by atoms with Crippen molar-refractivity contribution in [1.82, 2.24) is 9.13 Å². The fraction of sp³-hybridized carbons (Fsp3) is 0.177. The van der Waals surface area contributed by atoms with Crippen molar-refractivity contribution in [2.45, 2.75) is 142 Å². The van der Waals surface area contributed by atoms with Crippen molar-refractivity contribution in [2.75, 3.05) is 9.80 Å². The first-order valence-electron chi connectivity index (χ1n) is 46.3. The van der Waals surface area contributed by atoms with Gasteiger partial charge in [0, 0.05) is 66.8 Å². The molecule has 0 bridgehead atoms. The van der Waals surface area contributed by atoms with Crippen LogP contribution < -0.4 is 26.2 Å². The van der Waals surface area contributed by atoms with Crippen LogP contribution in [0.4, 0.5) is 34.1 Å². The molecule has 626 valence electrons. The van der Waals surface area contributed by atoms with Gasteiger partial charge in [0.05, 0.1) is 44.3 Å². The Labute approximate surface area is 760 Å². The van der Waals surface area contributed by atoms with E-state index in [0.717, 1.165) is 67.6 Å². The highest BCUT2D eigenvalue weighted by atomic mass is 15.2. The fourth-order valence-corrected chi connectivity index (χ4v) is 22.9. The molecule has 0 amide bonds. The van der Waals surface area contributed by atoms with Gasteiger partial charge in [-0.3, -0.25) is 0 Å². The van der Waals surface area contributed by atoms with E-state index in [9.17, 15) is 0 Å². The minimum absolute atomic E-state index is 0.0552. The van der Waals surface area contributed by atoms with Gasteiger partial charge in [-0.15, -0.1) is 0 Å². The molecule has 17 aromatic carbocycles. The van der Waals surface area contributed by atoms with Crippen LogP contribution in [0.15, 0.2) is 376 Å². The Morgan fingerprint density at radius 2 is 0.550 bits per heavy atom. The lowest BCUT2D eigenvalue weighted by Gasteiger charge is -2.46. The summed E-state index contributed by atoms with van der Waals surface area (Å²) >= 11 is 0. The summed E-state index contributed by atoms with van der Waals surface area (Å²) in [5, 5.41) is 4.94. The maximum atomic E-state index is 2.73. The molecule has 129 heavy (non-hydrogen) atoms. The highest BCUT2D eigenvalue weighted by Gasteiger charge is 2.52. The van der Waals surface area contributed by atoms with Crippen LogP contribution in [0.1, 0.15) is 176 Å². The maximum Gasteiger partial charge on any atom is 0.252 e. The molecular formula is C124H107BN4. The summed E-state index contributed by atoms with van der Waals surface area (Å²) in [4.78, 5) is 5.46. The monoisotopic (exact) mass is 1660 g/mol. The van der Waals surface area contributed by atoms with Gasteiger partial charge in [-0.05, 0) is 234 Å². The van der Waals surface area contributed by atoms with Crippen LogP contribution in [-0.2, 0) is 37.9 Å². The van der Waals surface area contributed by atoms with Crippen molar-refractivity contribution in [2.24, 2.45) is 0 Å². The van der Waals surface area contributed by atoms with Crippen LogP contribution in [0.3, 0.4) is 0 Å². The van der Waals surface area contributed by atoms with Crippen LogP contribution >= 0.6 is 0 Å². The number of hydrogen-bond acceptors (Lipinski definition) is 2. The number of benzene rings is 17. The zero-order valence-electron chi connectivity index (χ0n) is 76.7. The van der Waals surface area contributed by atoms with Gasteiger partial charge in [-0.2, -0.15) is 0 Å². The molecule has 0 atom stereocenters. The maximum absolute atomic E-state index is 2.73. The number of nitrogens with zero attached hydrogens (tertiary/aromatic N) is 4. The molecule has 2 aliphatic carbocycles. The van der Waals surface area contributed by atoms with E-state index in [1.54, 1.807) is 0 Å². The quantitative estimate of drug-likeness (QED) is 0.127.